The zero-order chi connectivity index (χ0) is 8.67. The molecular formula is C13H14. The fraction of sp³-hybridized carbons (Fsp3) is 0.385. The van der Waals surface area contributed by atoms with Crippen LogP contribution in [0.15, 0.2) is 30.3 Å². The number of fused-ring (bicyclic) bond motifs is 1. The van der Waals surface area contributed by atoms with Gasteiger partial charge in [0.1, 0.15) is 0 Å². The summed E-state index contributed by atoms with van der Waals surface area (Å²) in [6.45, 7) is 0. The fourth-order valence-electron chi connectivity index (χ4n) is 2.29. The predicted octanol–water partition coefficient (Wildman–Crippen LogP) is 3.43. The van der Waals surface area contributed by atoms with Crippen molar-refractivity contribution in [3.63, 3.8) is 0 Å². The fourth-order valence-corrected chi connectivity index (χ4v) is 2.29. The van der Waals surface area contributed by atoms with E-state index < -0.39 is 0 Å². The maximum absolute atomic E-state index is 2.46. The lowest BCUT2D eigenvalue weighted by atomic mass is 9.88. The van der Waals surface area contributed by atoms with Crippen LogP contribution in [0.25, 0.3) is 5.57 Å². The molecule has 3 rings (SSSR count). The molecule has 66 valence electrons. The Morgan fingerprint density at radius 2 is 1.92 bits per heavy atom. The molecule has 0 spiro atoms. The van der Waals surface area contributed by atoms with Gasteiger partial charge in [-0.15, -0.1) is 0 Å². The Labute approximate surface area is 79.3 Å². The highest BCUT2D eigenvalue weighted by Gasteiger charge is 2.28. The summed E-state index contributed by atoms with van der Waals surface area (Å²) < 4.78 is 0. The average Bonchev–Trinajstić information content (AvgIpc) is 3.00. The van der Waals surface area contributed by atoms with Gasteiger partial charge in [0.15, 0.2) is 0 Å². The van der Waals surface area contributed by atoms with Gasteiger partial charge in [-0.1, -0.05) is 30.3 Å². The van der Waals surface area contributed by atoms with Crippen molar-refractivity contribution in [1.82, 2.24) is 0 Å². The number of hydrogen-bond donors (Lipinski definition) is 0. The normalized spacial score (nSPS) is 20.8. The summed E-state index contributed by atoms with van der Waals surface area (Å²) in [5.74, 6) is 0.904. The first-order valence-electron chi connectivity index (χ1n) is 5.23. The van der Waals surface area contributed by atoms with Gasteiger partial charge in [0.2, 0.25) is 0 Å². The standard InChI is InChI=1S/C13H14/c1-2-6-12-10(4-1)5-3-7-13(12)11-8-9-11/h1-2,4,6-7,11H,3,5,8-9H2. The lowest BCUT2D eigenvalue weighted by Gasteiger charge is -2.16. The lowest BCUT2D eigenvalue weighted by Crippen LogP contribution is -2.00. The molecule has 2 aliphatic rings. The first-order valence-corrected chi connectivity index (χ1v) is 5.23. The molecule has 0 saturated heterocycles. The summed E-state index contributed by atoms with van der Waals surface area (Å²) in [6.07, 6.45) is 7.79. The molecule has 0 atom stereocenters. The lowest BCUT2D eigenvalue weighted by molar-refractivity contribution is 0.950. The molecule has 0 heteroatoms. The van der Waals surface area contributed by atoms with Crippen LogP contribution in [-0.4, -0.2) is 0 Å². The summed E-state index contributed by atoms with van der Waals surface area (Å²) in [5.41, 5.74) is 4.74. The van der Waals surface area contributed by atoms with E-state index in [0.29, 0.717) is 0 Å². The number of aryl methyl sites for hydroxylation is 1. The zero-order valence-corrected chi connectivity index (χ0v) is 7.79. The van der Waals surface area contributed by atoms with Crippen LogP contribution in [0, 0.1) is 5.92 Å². The molecule has 1 aromatic rings. The summed E-state index contributed by atoms with van der Waals surface area (Å²) in [7, 11) is 0. The summed E-state index contributed by atoms with van der Waals surface area (Å²) in [6, 6.07) is 8.90. The molecule has 0 amide bonds. The molecule has 0 N–H and O–H groups in total. The molecule has 1 saturated carbocycles. The van der Waals surface area contributed by atoms with Crippen LogP contribution in [0.4, 0.5) is 0 Å². The Morgan fingerprint density at radius 3 is 2.77 bits per heavy atom. The van der Waals surface area contributed by atoms with Gasteiger partial charge in [-0.3, -0.25) is 0 Å². The quantitative estimate of drug-likeness (QED) is 0.605. The zero-order valence-electron chi connectivity index (χ0n) is 7.79. The minimum Gasteiger partial charge on any atom is -0.0801 e. The van der Waals surface area contributed by atoms with Crippen molar-refractivity contribution in [2.75, 3.05) is 0 Å². The highest BCUT2D eigenvalue weighted by atomic mass is 14.3. The van der Waals surface area contributed by atoms with Crippen LogP contribution in [-0.2, 0) is 6.42 Å². The van der Waals surface area contributed by atoms with E-state index in [-0.39, 0.29) is 0 Å². The molecule has 2 aliphatic carbocycles. The van der Waals surface area contributed by atoms with Crippen molar-refractivity contribution >= 4 is 5.57 Å². The molecule has 0 aliphatic heterocycles. The van der Waals surface area contributed by atoms with Gasteiger partial charge in [0.25, 0.3) is 0 Å². The number of hydrogen-bond acceptors (Lipinski definition) is 0. The molecule has 0 aromatic heterocycles. The van der Waals surface area contributed by atoms with E-state index in [2.05, 4.69) is 30.3 Å². The third-order valence-corrected chi connectivity index (χ3v) is 3.12. The van der Waals surface area contributed by atoms with Gasteiger partial charge < -0.3 is 0 Å². The molecule has 0 heterocycles. The Hall–Kier alpha value is -1.04. The molecule has 0 bridgehead atoms. The van der Waals surface area contributed by atoms with Gasteiger partial charge in [0.05, 0.1) is 0 Å². The van der Waals surface area contributed by atoms with E-state index in [1.807, 2.05) is 0 Å². The maximum atomic E-state index is 2.46. The average molecular weight is 170 g/mol. The topological polar surface area (TPSA) is 0 Å². The van der Waals surface area contributed by atoms with Gasteiger partial charge >= 0.3 is 0 Å². The first kappa shape index (κ1) is 7.37. The molecule has 0 unspecified atom stereocenters. The predicted molar refractivity (Wildman–Crippen MR) is 55.5 cm³/mol. The maximum Gasteiger partial charge on any atom is -0.0159 e. The Balaban J connectivity index is 2.09. The minimum absolute atomic E-state index is 0.904. The minimum atomic E-state index is 0.904. The van der Waals surface area contributed by atoms with E-state index in [1.165, 1.54) is 31.2 Å². The van der Waals surface area contributed by atoms with Gasteiger partial charge in [-0.2, -0.15) is 0 Å². The Morgan fingerprint density at radius 1 is 1.08 bits per heavy atom. The highest BCUT2D eigenvalue weighted by molar-refractivity contribution is 5.73. The highest BCUT2D eigenvalue weighted by Crippen LogP contribution is 2.44. The Bertz CT molecular complexity index is 356. The number of benzene rings is 1. The van der Waals surface area contributed by atoms with E-state index in [9.17, 15) is 0 Å². The van der Waals surface area contributed by atoms with Crippen LogP contribution in [0.3, 0.4) is 0 Å². The van der Waals surface area contributed by atoms with Gasteiger partial charge in [0, 0.05) is 0 Å². The van der Waals surface area contributed by atoms with Crippen molar-refractivity contribution in [1.29, 1.82) is 0 Å². The number of allylic oxidation sites excluding steroid dienone is 2. The van der Waals surface area contributed by atoms with Crippen molar-refractivity contribution in [2.45, 2.75) is 25.7 Å². The largest absolute Gasteiger partial charge is 0.0801 e. The van der Waals surface area contributed by atoms with E-state index >= 15 is 0 Å². The van der Waals surface area contributed by atoms with E-state index in [4.69, 9.17) is 0 Å². The third kappa shape index (κ3) is 1.21. The van der Waals surface area contributed by atoms with Gasteiger partial charge in [-0.25, -0.2) is 0 Å². The molecule has 1 aromatic carbocycles. The van der Waals surface area contributed by atoms with Crippen molar-refractivity contribution in [3.05, 3.63) is 41.5 Å². The SMILES string of the molecule is C1=C(C2CC2)c2ccccc2CC1. The van der Waals surface area contributed by atoms with Crippen LogP contribution in [0.2, 0.25) is 0 Å². The third-order valence-electron chi connectivity index (χ3n) is 3.12. The number of rotatable bonds is 1. The van der Waals surface area contributed by atoms with E-state index in [1.54, 1.807) is 11.1 Å². The van der Waals surface area contributed by atoms with Crippen LogP contribution in [0.1, 0.15) is 30.4 Å². The van der Waals surface area contributed by atoms with Crippen molar-refractivity contribution in [2.24, 2.45) is 5.92 Å². The van der Waals surface area contributed by atoms with Crippen LogP contribution < -0.4 is 0 Å². The molecule has 0 nitrogen and oxygen atoms in total. The second kappa shape index (κ2) is 2.73. The van der Waals surface area contributed by atoms with Crippen molar-refractivity contribution in [3.8, 4) is 0 Å². The van der Waals surface area contributed by atoms with Crippen LogP contribution >= 0.6 is 0 Å². The summed E-state index contributed by atoms with van der Waals surface area (Å²) in [4.78, 5) is 0. The van der Waals surface area contributed by atoms with Crippen molar-refractivity contribution < 1.29 is 0 Å². The summed E-state index contributed by atoms with van der Waals surface area (Å²) >= 11 is 0. The monoisotopic (exact) mass is 170 g/mol. The molecule has 0 radical (unpaired) electrons. The molecule has 1 fully saturated rings. The smallest absolute Gasteiger partial charge is 0.0159 e. The molecule has 13 heavy (non-hydrogen) atoms. The second-order valence-electron chi connectivity index (χ2n) is 4.13. The second-order valence-corrected chi connectivity index (χ2v) is 4.13. The van der Waals surface area contributed by atoms with E-state index in [0.717, 1.165) is 5.92 Å². The first-order chi connectivity index (χ1) is 6.45. The molecular weight excluding hydrogens is 156 g/mol. The van der Waals surface area contributed by atoms with Crippen LogP contribution in [0.5, 0.6) is 0 Å². The van der Waals surface area contributed by atoms with Gasteiger partial charge in [-0.05, 0) is 48.3 Å². The Kier molecular flexibility index (Phi) is 1.55. The summed E-state index contributed by atoms with van der Waals surface area (Å²) in [5, 5.41) is 0.